The molecular formula is C30H26N2O7S. The molecule has 3 heterocycles. The van der Waals surface area contributed by atoms with Crippen molar-refractivity contribution in [2.24, 2.45) is 4.99 Å². The van der Waals surface area contributed by atoms with Gasteiger partial charge in [-0.3, -0.25) is 9.36 Å². The molecule has 40 heavy (non-hydrogen) atoms. The number of thiazole rings is 1. The molecule has 1 aliphatic rings. The van der Waals surface area contributed by atoms with Crippen molar-refractivity contribution in [1.82, 2.24) is 4.57 Å². The summed E-state index contributed by atoms with van der Waals surface area (Å²) in [5.74, 6) is -0.529. The Morgan fingerprint density at radius 3 is 2.52 bits per heavy atom. The molecule has 2 aromatic heterocycles. The van der Waals surface area contributed by atoms with E-state index in [0.29, 0.717) is 38.5 Å². The molecular weight excluding hydrogens is 532 g/mol. The van der Waals surface area contributed by atoms with Gasteiger partial charge < -0.3 is 18.6 Å². The van der Waals surface area contributed by atoms with Crippen molar-refractivity contribution in [3.05, 3.63) is 115 Å². The van der Waals surface area contributed by atoms with Crippen LogP contribution in [0.5, 0.6) is 11.5 Å². The average Bonchev–Trinajstić information content (AvgIpc) is 3.59. The highest BCUT2D eigenvalue weighted by Crippen LogP contribution is 2.31. The first-order valence-corrected chi connectivity index (χ1v) is 13.5. The number of carbonyl (C=O) groups excluding carboxylic acids is 2. The molecule has 0 fully saturated rings. The predicted octanol–water partition coefficient (Wildman–Crippen LogP) is 4.01. The molecule has 5 rings (SSSR count). The lowest BCUT2D eigenvalue weighted by atomic mass is 9.96. The molecule has 204 valence electrons. The van der Waals surface area contributed by atoms with E-state index in [1.165, 1.54) is 28.2 Å². The second-order valence-electron chi connectivity index (χ2n) is 8.72. The number of ether oxygens (including phenoxy) is 3. The predicted molar refractivity (Wildman–Crippen MR) is 148 cm³/mol. The lowest BCUT2D eigenvalue weighted by Crippen LogP contribution is -2.39. The highest BCUT2D eigenvalue weighted by molar-refractivity contribution is 7.07. The Labute approximate surface area is 233 Å². The van der Waals surface area contributed by atoms with Gasteiger partial charge in [-0.1, -0.05) is 47.7 Å². The molecule has 0 aliphatic carbocycles. The SMILES string of the molecule is CCOC(=O)C1=C(C)N=c2s/c(=C\c3ccc(OC(=O)c4ccco4)c(OCC)c3)c(=O)n2C1c1ccccc1. The zero-order chi connectivity index (χ0) is 28.2. The molecule has 0 bridgehead atoms. The largest absolute Gasteiger partial charge is 0.490 e. The summed E-state index contributed by atoms with van der Waals surface area (Å²) in [7, 11) is 0. The molecule has 0 spiro atoms. The van der Waals surface area contributed by atoms with Crippen LogP contribution in [0.2, 0.25) is 0 Å². The molecule has 9 nitrogen and oxygen atoms in total. The summed E-state index contributed by atoms with van der Waals surface area (Å²) in [6.45, 7) is 5.84. The molecule has 10 heteroatoms. The van der Waals surface area contributed by atoms with Gasteiger partial charge in [-0.25, -0.2) is 14.6 Å². The van der Waals surface area contributed by atoms with Crippen LogP contribution in [0.3, 0.4) is 0 Å². The Morgan fingerprint density at radius 2 is 1.82 bits per heavy atom. The second kappa shape index (κ2) is 11.6. The van der Waals surface area contributed by atoms with Crippen molar-refractivity contribution < 1.29 is 28.2 Å². The van der Waals surface area contributed by atoms with Gasteiger partial charge in [-0.05, 0) is 62.2 Å². The first-order valence-electron chi connectivity index (χ1n) is 12.7. The number of rotatable bonds is 8. The van der Waals surface area contributed by atoms with Gasteiger partial charge in [0.15, 0.2) is 16.3 Å². The molecule has 2 aromatic carbocycles. The highest BCUT2D eigenvalue weighted by Gasteiger charge is 2.33. The molecule has 1 aliphatic heterocycles. The van der Waals surface area contributed by atoms with Gasteiger partial charge in [0.2, 0.25) is 5.76 Å². The number of allylic oxidation sites excluding steroid dienone is 1. The number of aromatic nitrogens is 1. The normalized spacial score (nSPS) is 14.9. The zero-order valence-corrected chi connectivity index (χ0v) is 22.9. The number of hydrogen-bond donors (Lipinski definition) is 0. The van der Waals surface area contributed by atoms with Crippen LogP contribution in [0.15, 0.2) is 92.4 Å². The van der Waals surface area contributed by atoms with Crippen molar-refractivity contribution in [1.29, 1.82) is 0 Å². The van der Waals surface area contributed by atoms with E-state index in [4.69, 9.17) is 18.6 Å². The number of nitrogens with zero attached hydrogens (tertiary/aromatic N) is 2. The van der Waals surface area contributed by atoms with Crippen LogP contribution in [0.1, 0.15) is 48.5 Å². The van der Waals surface area contributed by atoms with E-state index in [0.717, 1.165) is 5.56 Å². The van der Waals surface area contributed by atoms with Crippen molar-refractivity contribution in [2.75, 3.05) is 13.2 Å². The van der Waals surface area contributed by atoms with E-state index in [9.17, 15) is 14.4 Å². The fraction of sp³-hybridized carbons (Fsp3) is 0.200. The molecule has 4 aromatic rings. The van der Waals surface area contributed by atoms with Gasteiger partial charge in [0, 0.05) is 0 Å². The minimum Gasteiger partial charge on any atom is -0.490 e. The van der Waals surface area contributed by atoms with E-state index in [1.807, 2.05) is 37.3 Å². The minimum atomic E-state index is -0.680. The van der Waals surface area contributed by atoms with Crippen LogP contribution in [0.25, 0.3) is 6.08 Å². The first kappa shape index (κ1) is 26.9. The summed E-state index contributed by atoms with van der Waals surface area (Å²) in [5.41, 5.74) is 1.96. The third-order valence-electron chi connectivity index (χ3n) is 6.12. The Balaban J connectivity index is 1.58. The summed E-state index contributed by atoms with van der Waals surface area (Å²) in [4.78, 5) is 44.2. The summed E-state index contributed by atoms with van der Waals surface area (Å²) in [6.07, 6.45) is 3.11. The van der Waals surface area contributed by atoms with Gasteiger partial charge in [0.05, 0.1) is 41.3 Å². The quantitative estimate of drug-likeness (QED) is 0.237. The van der Waals surface area contributed by atoms with Gasteiger partial charge in [-0.2, -0.15) is 0 Å². The lowest BCUT2D eigenvalue weighted by Gasteiger charge is -2.24. The Bertz CT molecular complexity index is 1770. The summed E-state index contributed by atoms with van der Waals surface area (Å²) in [6, 6.07) is 16.8. The van der Waals surface area contributed by atoms with Crippen LogP contribution in [0.4, 0.5) is 0 Å². The van der Waals surface area contributed by atoms with E-state index in [1.54, 1.807) is 44.2 Å². The third kappa shape index (κ3) is 5.26. The van der Waals surface area contributed by atoms with E-state index >= 15 is 0 Å². The smallest absolute Gasteiger partial charge is 0.379 e. The van der Waals surface area contributed by atoms with Crippen LogP contribution < -0.4 is 24.4 Å². The standard InChI is InChI=1S/C30H26N2O7S/c1-4-36-23-16-19(13-14-21(23)39-28(34)22-12-9-15-38-22)17-24-27(33)32-26(20-10-7-6-8-11-20)25(29(35)37-5-2)18(3)31-30(32)40-24/h6-17,26H,4-5H2,1-3H3/b24-17-. The number of hydrogen-bond acceptors (Lipinski definition) is 9. The average molecular weight is 559 g/mol. The van der Waals surface area contributed by atoms with E-state index < -0.39 is 18.0 Å². The number of fused-ring (bicyclic) bond motifs is 1. The summed E-state index contributed by atoms with van der Waals surface area (Å²) >= 11 is 1.22. The third-order valence-corrected chi connectivity index (χ3v) is 7.11. The summed E-state index contributed by atoms with van der Waals surface area (Å²) in [5, 5.41) is 0. The number of benzene rings is 2. The molecule has 1 atom stereocenters. The molecule has 0 radical (unpaired) electrons. The van der Waals surface area contributed by atoms with Crippen LogP contribution in [-0.4, -0.2) is 29.7 Å². The van der Waals surface area contributed by atoms with E-state index in [2.05, 4.69) is 4.99 Å². The number of carbonyl (C=O) groups is 2. The number of esters is 2. The molecule has 0 saturated carbocycles. The maximum atomic E-state index is 13.8. The number of furan rings is 1. The van der Waals surface area contributed by atoms with Crippen molar-refractivity contribution in [2.45, 2.75) is 26.8 Å². The first-order chi connectivity index (χ1) is 19.4. The molecule has 1 unspecified atom stereocenters. The van der Waals surface area contributed by atoms with Crippen molar-refractivity contribution in [3.63, 3.8) is 0 Å². The van der Waals surface area contributed by atoms with Crippen LogP contribution >= 0.6 is 11.3 Å². The summed E-state index contributed by atoms with van der Waals surface area (Å²) < 4.78 is 23.6. The Hall–Kier alpha value is -4.70. The fourth-order valence-corrected chi connectivity index (χ4v) is 5.45. The molecule has 0 saturated heterocycles. The molecule has 0 amide bonds. The van der Waals surface area contributed by atoms with Crippen molar-refractivity contribution >= 4 is 29.4 Å². The zero-order valence-electron chi connectivity index (χ0n) is 22.1. The van der Waals surface area contributed by atoms with Gasteiger partial charge in [0.1, 0.15) is 0 Å². The van der Waals surface area contributed by atoms with Gasteiger partial charge in [0.25, 0.3) is 5.56 Å². The van der Waals surface area contributed by atoms with Crippen LogP contribution in [-0.2, 0) is 9.53 Å². The topological polar surface area (TPSA) is 109 Å². The van der Waals surface area contributed by atoms with Crippen LogP contribution in [0, 0.1) is 0 Å². The lowest BCUT2D eigenvalue weighted by molar-refractivity contribution is -0.139. The maximum absolute atomic E-state index is 13.8. The highest BCUT2D eigenvalue weighted by atomic mass is 32.1. The fourth-order valence-electron chi connectivity index (χ4n) is 4.41. The molecule has 0 N–H and O–H groups in total. The van der Waals surface area contributed by atoms with Crippen molar-refractivity contribution in [3.8, 4) is 11.5 Å². The van der Waals surface area contributed by atoms with Gasteiger partial charge in [-0.15, -0.1) is 0 Å². The van der Waals surface area contributed by atoms with Gasteiger partial charge >= 0.3 is 11.9 Å². The monoisotopic (exact) mass is 558 g/mol. The second-order valence-corrected chi connectivity index (χ2v) is 9.73. The Kier molecular flexibility index (Phi) is 7.79. The minimum absolute atomic E-state index is 0.0677. The van der Waals surface area contributed by atoms with E-state index in [-0.39, 0.29) is 23.7 Å². The maximum Gasteiger partial charge on any atom is 0.379 e. The Morgan fingerprint density at radius 1 is 1.02 bits per heavy atom.